The van der Waals surface area contributed by atoms with Gasteiger partial charge in [0.15, 0.2) is 0 Å². The zero-order valence-corrected chi connectivity index (χ0v) is 21.1. The van der Waals surface area contributed by atoms with E-state index in [4.69, 9.17) is 18.8 Å². The Hall–Kier alpha value is -2.18. The molecule has 0 spiro atoms. The average molecular weight is 502 g/mol. The lowest BCUT2D eigenvalue weighted by atomic mass is 9.77. The summed E-state index contributed by atoms with van der Waals surface area (Å²) in [5, 5.41) is 2.06. The van der Waals surface area contributed by atoms with Crippen LogP contribution in [0.3, 0.4) is 0 Å². The van der Waals surface area contributed by atoms with Crippen LogP contribution >= 0.6 is 0 Å². The van der Waals surface area contributed by atoms with Crippen LogP contribution < -0.4 is 10.8 Å². The van der Waals surface area contributed by atoms with Gasteiger partial charge in [-0.15, -0.1) is 0 Å². The van der Waals surface area contributed by atoms with E-state index >= 15 is 0 Å². The first-order valence-electron chi connectivity index (χ1n) is 11.2. The molecule has 0 saturated carbocycles. The number of nitrogens with zero attached hydrogens (tertiary/aromatic N) is 1. The molecule has 2 aliphatic heterocycles. The number of alkyl halides is 3. The van der Waals surface area contributed by atoms with Gasteiger partial charge in [-0.2, -0.15) is 13.2 Å². The van der Waals surface area contributed by atoms with Gasteiger partial charge in [0.25, 0.3) is 0 Å². The molecular formula is C23H31BF4N2O5. The molecule has 194 valence electrons. The Morgan fingerprint density at radius 2 is 1.69 bits per heavy atom. The predicted octanol–water partition coefficient (Wildman–Crippen LogP) is 4.44. The number of aliphatic imine (C=N–C) groups is 1. The minimum Gasteiger partial charge on any atom is -0.444 e. The Balaban J connectivity index is 1.98. The van der Waals surface area contributed by atoms with Crippen molar-refractivity contribution in [2.24, 2.45) is 4.99 Å². The number of halogens is 4. The van der Waals surface area contributed by atoms with Crippen LogP contribution in [0, 0.1) is 5.82 Å². The highest BCUT2D eigenvalue weighted by Gasteiger charge is 2.59. The zero-order chi connectivity index (χ0) is 26.6. The Morgan fingerprint density at radius 3 is 2.20 bits per heavy atom. The fourth-order valence-electron chi connectivity index (χ4n) is 3.50. The topological polar surface area (TPSA) is 78.4 Å². The minimum absolute atomic E-state index is 0.0232. The van der Waals surface area contributed by atoms with Crippen LogP contribution in [-0.4, -0.2) is 54.2 Å². The molecule has 0 aliphatic carbocycles. The molecule has 1 aromatic rings. The molecule has 1 amide bonds. The fourth-order valence-corrected chi connectivity index (χ4v) is 3.50. The van der Waals surface area contributed by atoms with E-state index < -0.39 is 66.1 Å². The summed E-state index contributed by atoms with van der Waals surface area (Å²) in [5.74, 6) is -1.52. The van der Waals surface area contributed by atoms with Gasteiger partial charge in [-0.25, -0.2) is 9.18 Å². The highest BCUT2D eigenvalue weighted by molar-refractivity contribution is 6.62. The van der Waals surface area contributed by atoms with E-state index in [1.165, 1.54) is 18.2 Å². The van der Waals surface area contributed by atoms with Crippen molar-refractivity contribution in [1.82, 2.24) is 5.32 Å². The summed E-state index contributed by atoms with van der Waals surface area (Å²) in [6.45, 7) is 12.3. The maximum atomic E-state index is 14.8. The van der Waals surface area contributed by atoms with E-state index in [2.05, 4.69) is 10.3 Å². The SMILES string of the molecule is CC(C)(C)OC(=O)NC1=NC(c2cc(B3OC(C)(C)C(C)(C)O3)ccc2F)COC1(C)C(F)(F)F. The van der Waals surface area contributed by atoms with Crippen LogP contribution in [0.4, 0.5) is 22.4 Å². The maximum Gasteiger partial charge on any atom is 0.494 e. The number of amidine groups is 1. The normalized spacial score (nSPS) is 26.3. The third-order valence-electron chi connectivity index (χ3n) is 6.33. The summed E-state index contributed by atoms with van der Waals surface area (Å²) in [7, 11) is -0.812. The number of alkyl carbamates (subject to hydrolysis) is 1. The number of carbonyl (C=O) groups excluding carboxylic acids is 1. The lowest BCUT2D eigenvalue weighted by Gasteiger charge is -2.38. The second-order valence-corrected chi connectivity index (χ2v) is 10.8. The molecule has 2 heterocycles. The van der Waals surface area contributed by atoms with E-state index in [9.17, 15) is 22.4 Å². The molecule has 0 aromatic heterocycles. The molecule has 1 fully saturated rings. The van der Waals surface area contributed by atoms with E-state index in [1.54, 1.807) is 20.8 Å². The minimum atomic E-state index is -4.91. The number of carbonyl (C=O) groups is 1. The number of ether oxygens (including phenoxy) is 2. The Bertz CT molecular complexity index is 1010. The number of nitrogens with one attached hydrogen (secondary N) is 1. The summed E-state index contributed by atoms with van der Waals surface area (Å²) < 4.78 is 78.7. The van der Waals surface area contributed by atoms with Crippen LogP contribution in [-0.2, 0) is 18.8 Å². The lowest BCUT2D eigenvalue weighted by Crippen LogP contribution is -2.60. The van der Waals surface area contributed by atoms with Crippen molar-refractivity contribution in [1.29, 1.82) is 0 Å². The summed E-state index contributed by atoms with van der Waals surface area (Å²) >= 11 is 0. The van der Waals surface area contributed by atoms with Gasteiger partial charge in [0.2, 0.25) is 5.60 Å². The first-order chi connectivity index (χ1) is 15.8. The van der Waals surface area contributed by atoms with Crippen LogP contribution in [0.5, 0.6) is 0 Å². The Kier molecular flexibility index (Phi) is 6.84. The van der Waals surface area contributed by atoms with Gasteiger partial charge < -0.3 is 18.8 Å². The third kappa shape index (κ3) is 5.49. The summed E-state index contributed by atoms with van der Waals surface area (Å²) in [6, 6.07) is 2.91. The lowest BCUT2D eigenvalue weighted by molar-refractivity contribution is -0.246. The van der Waals surface area contributed by atoms with Gasteiger partial charge >= 0.3 is 19.4 Å². The summed E-state index contributed by atoms with van der Waals surface area (Å²) in [5.41, 5.74) is -4.71. The number of benzene rings is 1. The summed E-state index contributed by atoms with van der Waals surface area (Å²) in [6.07, 6.45) is -6.04. The highest BCUT2D eigenvalue weighted by atomic mass is 19.4. The molecule has 1 aromatic carbocycles. The van der Waals surface area contributed by atoms with E-state index in [1.807, 2.05) is 27.7 Å². The Labute approximate surface area is 202 Å². The number of amides is 1. The van der Waals surface area contributed by atoms with Crippen molar-refractivity contribution in [2.45, 2.75) is 90.0 Å². The van der Waals surface area contributed by atoms with Crippen molar-refractivity contribution in [3.63, 3.8) is 0 Å². The quantitative estimate of drug-likeness (QED) is 0.478. The average Bonchev–Trinajstić information content (AvgIpc) is 2.89. The smallest absolute Gasteiger partial charge is 0.444 e. The second-order valence-electron chi connectivity index (χ2n) is 10.8. The number of hydrogen-bond acceptors (Lipinski definition) is 6. The molecule has 12 heteroatoms. The van der Waals surface area contributed by atoms with Gasteiger partial charge in [-0.1, -0.05) is 12.1 Å². The molecular weight excluding hydrogens is 471 g/mol. The van der Waals surface area contributed by atoms with Crippen LogP contribution in [0.2, 0.25) is 0 Å². The van der Waals surface area contributed by atoms with Crippen molar-refractivity contribution < 1.29 is 41.1 Å². The van der Waals surface area contributed by atoms with E-state index in [-0.39, 0.29) is 5.56 Å². The van der Waals surface area contributed by atoms with Crippen molar-refractivity contribution >= 4 is 24.5 Å². The standard InChI is InChI=1S/C23H31BF4N2O5/c1-19(2,3)33-18(31)30-17-22(8,23(26,27)28)32-12-16(29-17)14-11-13(9-10-15(14)25)24-34-20(4,5)21(6,7)35-24/h9-11,16H,12H2,1-8H3,(H,29,30,31). The molecule has 2 aliphatic rings. The monoisotopic (exact) mass is 502 g/mol. The molecule has 2 unspecified atom stereocenters. The molecule has 2 atom stereocenters. The highest BCUT2D eigenvalue weighted by Crippen LogP contribution is 2.40. The van der Waals surface area contributed by atoms with Gasteiger partial charge in [-0.3, -0.25) is 10.3 Å². The van der Waals surface area contributed by atoms with Crippen LogP contribution in [0.15, 0.2) is 23.2 Å². The predicted molar refractivity (Wildman–Crippen MR) is 122 cm³/mol. The van der Waals surface area contributed by atoms with Gasteiger partial charge in [0.1, 0.15) is 23.3 Å². The third-order valence-corrected chi connectivity index (χ3v) is 6.33. The summed E-state index contributed by atoms with van der Waals surface area (Å²) in [4.78, 5) is 16.3. The fraction of sp³-hybridized carbons (Fsp3) is 0.652. The van der Waals surface area contributed by atoms with E-state index in [0.29, 0.717) is 5.46 Å². The molecule has 0 bridgehead atoms. The van der Waals surface area contributed by atoms with Crippen molar-refractivity contribution in [2.75, 3.05) is 6.61 Å². The van der Waals surface area contributed by atoms with Crippen LogP contribution in [0.25, 0.3) is 0 Å². The molecule has 1 saturated heterocycles. The molecule has 1 N–H and O–H groups in total. The molecule has 35 heavy (non-hydrogen) atoms. The number of rotatable bonds is 2. The molecule has 7 nitrogen and oxygen atoms in total. The number of hydrogen-bond donors (Lipinski definition) is 1. The second kappa shape index (κ2) is 8.74. The van der Waals surface area contributed by atoms with Gasteiger partial charge in [-0.05, 0) is 66.9 Å². The maximum absolute atomic E-state index is 14.8. The molecule has 0 radical (unpaired) electrons. The van der Waals surface area contributed by atoms with Crippen LogP contribution in [0.1, 0.15) is 67.0 Å². The van der Waals surface area contributed by atoms with Gasteiger partial charge in [0.05, 0.1) is 17.8 Å². The molecule has 3 rings (SSSR count). The van der Waals surface area contributed by atoms with E-state index in [0.717, 1.165) is 6.92 Å². The Morgan fingerprint density at radius 1 is 1.11 bits per heavy atom. The first kappa shape index (κ1) is 27.4. The zero-order valence-electron chi connectivity index (χ0n) is 21.1. The van der Waals surface area contributed by atoms with Crippen molar-refractivity contribution in [3.8, 4) is 0 Å². The first-order valence-corrected chi connectivity index (χ1v) is 11.2. The largest absolute Gasteiger partial charge is 0.494 e. The van der Waals surface area contributed by atoms with Crippen molar-refractivity contribution in [3.05, 3.63) is 29.6 Å². The van der Waals surface area contributed by atoms with Gasteiger partial charge in [0, 0.05) is 5.56 Å².